The normalized spacial score (nSPS) is 10.4. The van der Waals surface area contributed by atoms with Gasteiger partial charge in [-0.3, -0.25) is 4.79 Å². The zero-order valence-corrected chi connectivity index (χ0v) is 15.2. The SMILES string of the molecule is C=C(C(=O)c1ccc(C(=O)O)cc1)c1cc(-c2cccs2)c(O)cc1OC. The van der Waals surface area contributed by atoms with Crippen LogP contribution in [0.5, 0.6) is 11.5 Å². The van der Waals surface area contributed by atoms with E-state index in [0.29, 0.717) is 22.4 Å². The van der Waals surface area contributed by atoms with Crippen molar-refractivity contribution < 1.29 is 24.5 Å². The summed E-state index contributed by atoms with van der Waals surface area (Å²) in [6.45, 7) is 3.90. The number of hydrogen-bond acceptors (Lipinski definition) is 5. The standard InChI is InChI=1S/C21H16O5S/c1-12(20(23)13-5-7-14(8-6-13)21(24)25)15-10-16(19-4-3-9-27-19)17(22)11-18(15)26-2/h3-11,22H,1H2,2H3,(H,24,25). The second-order valence-electron chi connectivity index (χ2n) is 5.74. The number of methoxy groups -OCH3 is 1. The molecule has 0 aliphatic rings. The first-order valence-corrected chi connectivity index (χ1v) is 8.82. The number of allylic oxidation sites excluding steroid dienone is 1. The highest BCUT2D eigenvalue weighted by atomic mass is 32.1. The first-order chi connectivity index (χ1) is 12.9. The largest absolute Gasteiger partial charge is 0.507 e. The molecule has 0 fully saturated rings. The third-order valence-electron chi connectivity index (χ3n) is 4.10. The highest BCUT2D eigenvalue weighted by molar-refractivity contribution is 7.13. The second-order valence-corrected chi connectivity index (χ2v) is 6.68. The van der Waals surface area contributed by atoms with Crippen molar-refractivity contribution in [3.63, 3.8) is 0 Å². The molecule has 0 amide bonds. The lowest BCUT2D eigenvalue weighted by Gasteiger charge is -2.14. The number of aromatic hydroxyl groups is 1. The number of rotatable bonds is 6. The molecule has 0 unspecified atom stereocenters. The van der Waals surface area contributed by atoms with E-state index in [2.05, 4.69) is 6.58 Å². The van der Waals surface area contributed by atoms with Crippen LogP contribution in [0.4, 0.5) is 0 Å². The van der Waals surface area contributed by atoms with Crippen molar-refractivity contribution >= 4 is 28.7 Å². The molecule has 0 bridgehead atoms. The first kappa shape index (κ1) is 18.4. The second kappa shape index (κ2) is 7.47. The Morgan fingerprint density at radius 3 is 2.30 bits per heavy atom. The van der Waals surface area contributed by atoms with Gasteiger partial charge in [0.2, 0.25) is 0 Å². The molecule has 0 spiro atoms. The molecule has 136 valence electrons. The van der Waals surface area contributed by atoms with Crippen molar-refractivity contribution in [1.82, 2.24) is 0 Å². The Labute approximate surface area is 159 Å². The Morgan fingerprint density at radius 2 is 1.74 bits per heavy atom. The number of benzene rings is 2. The predicted octanol–water partition coefficient (Wildman–Crippen LogP) is 4.72. The number of thiophene rings is 1. The number of hydrogen-bond donors (Lipinski definition) is 2. The van der Waals surface area contributed by atoms with Gasteiger partial charge in [0.1, 0.15) is 11.5 Å². The molecule has 0 radical (unpaired) electrons. The van der Waals surface area contributed by atoms with E-state index in [-0.39, 0.29) is 22.7 Å². The van der Waals surface area contributed by atoms with E-state index in [1.165, 1.54) is 48.8 Å². The maximum absolute atomic E-state index is 12.8. The van der Waals surface area contributed by atoms with Crippen molar-refractivity contribution in [2.75, 3.05) is 7.11 Å². The Kier molecular flexibility index (Phi) is 5.09. The van der Waals surface area contributed by atoms with Gasteiger partial charge in [-0.25, -0.2) is 4.79 Å². The summed E-state index contributed by atoms with van der Waals surface area (Å²) in [6, 6.07) is 12.5. The molecule has 3 rings (SSSR count). The van der Waals surface area contributed by atoms with Gasteiger partial charge >= 0.3 is 5.97 Å². The number of ketones is 1. The van der Waals surface area contributed by atoms with Crippen LogP contribution in [-0.2, 0) is 0 Å². The molecule has 27 heavy (non-hydrogen) atoms. The molecule has 6 heteroatoms. The molecule has 2 N–H and O–H groups in total. The lowest BCUT2D eigenvalue weighted by atomic mass is 9.94. The molecule has 3 aromatic rings. The third-order valence-corrected chi connectivity index (χ3v) is 5.00. The maximum Gasteiger partial charge on any atom is 0.335 e. The van der Waals surface area contributed by atoms with Gasteiger partial charge in [0.25, 0.3) is 0 Å². The smallest absolute Gasteiger partial charge is 0.335 e. The molecular weight excluding hydrogens is 364 g/mol. The molecule has 0 atom stereocenters. The quantitative estimate of drug-likeness (QED) is 0.477. The van der Waals surface area contributed by atoms with Crippen molar-refractivity contribution in [3.05, 3.63) is 77.2 Å². The van der Waals surface area contributed by atoms with Gasteiger partial charge in [-0.15, -0.1) is 11.3 Å². The molecule has 0 saturated heterocycles. The summed E-state index contributed by atoms with van der Waals surface area (Å²) in [5.41, 5.74) is 1.65. The number of carbonyl (C=O) groups excluding carboxylic acids is 1. The van der Waals surface area contributed by atoms with Crippen LogP contribution in [0, 0.1) is 0 Å². The van der Waals surface area contributed by atoms with Crippen LogP contribution in [0.3, 0.4) is 0 Å². The summed E-state index contributed by atoms with van der Waals surface area (Å²) >= 11 is 1.46. The highest BCUT2D eigenvalue weighted by Crippen LogP contribution is 2.40. The molecule has 0 saturated carbocycles. The van der Waals surface area contributed by atoms with E-state index in [0.717, 1.165) is 4.88 Å². The lowest BCUT2D eigenvalue weighted by Crippen LogP contribution is -2.05. The average molecular weight is 380 g/mol. The summed E-state index contributed by atoms with van der Waals surface area (Å²) in [5, 5.41) is 21.2. The fourth-order valence-electron chi connectivity index (χ4n) is 2.66. The van der Waals surface area contributed by atoms with Crippen LogP contribution in [0.25, 0.3) is 16.0 Å². The molecule has 5 nitrogen and oxygen atoms in total. The Morgan fingerprint density at radius 1 is 1.07 bits per heavy atom. The zero-order chi connectivity index (χ0) is 19.6. The van der Waals surface area contributed by atoms with Crippen molar-refractivity contribution in [3.8, 4) is 21.9 Å². The average Bonchev–Trinajstić information content (AvgIpc) is 3.21. The lowest BCUT2D eigenvalue weighted by molar-refractivity contribution is 0.0696. The zero-order valence-electron chi connectivity index (χ0n) is 14.4. The summed E-state index contributed by atoms with van der Waals surface area (Å²) < 4.78 is 5.31. The van der Waals surface area contributed by atoms with Crippen LogP contribution in [-0.4, -0.2) is 29.1 Å². The summed E-state index contributed by atoms with van der Waals surface area (Å²) in [6.07, 6.45) is 0. The fraction of sp³-hybridized carbons (Fsp3) is 0.0476. The van der Waals surface area contributed by atoms with Gasteiger partial charge in [-0.1, -0.05) is 24.8 Å². The van der Waals surface area contributed by atoms with E-state index in [4.69, 9.17) is 9.84 Å². The van der Waals surface area contributed by atoms with Crippen molar-refractivity contribution in [1.29, 1.82) is 0 Å². The van der Waals surface area contributed by atoms with E-state index < -0.39 is 5.97 Å². The number of phenols is 1. The third kappa shape index (κ3) is 3.61. The minimum Gasteiger partial charge on any atom is -0.507 e. The van der Waals surface area contributed by atoms with Crippen molar-refractivity contribution in [2.45, 2.75) is 0 Å². The Balaban J connectivity index is 2.01. The minimum atomic E-state index is -1.06. The Bertz CT molecular complexity index is 1020. The van der Waals surface area contributed by atoms with Gasteiger partial charge < -0.3 is 14.9 Å². The minimum absolute atomic E-state index is 0.0455. The van der Waals surface area contributed by atoms with E-state index >= 15 is 0 Å². The molecule has 2 aromatic carbocycles. The van der Waals surface area contributed by atoms with Crippen LogP contribution >= 0.6 is 11.3 Å². The van der Waals surface area contributed by atoms with Crippen LogP contribution in [0.2, 0.25) is 0 Å². The van der Waals surface area contributed by atoms with Crippen LogP contribution < -0.4 is 4.74 Å². The molecule has 0 aliphatic heterocycles. The van der Waals surface area contributed by atoms with E-state index in [1.807, 2.05) is 17.5 Å². The number of phenolic OH excluding ortho intramolecular Hbond substituents is 1. The Hall–Kier alpha value is -3.38. The predicted molar refractivity (Wildman–Crippen MR) is 105 cm³/mol. The van der Waals surface area contributed by atoms with Gasteiger partial charge in [-0.05, 0) is 29.6 Å². The number of ether oxygens (including phenoxy) is 1. The number of Topliss-reactive ketones (excluding diaryl/α,β-unsaturated/α-hetero) is 1. The molecule has 0 aliphatic carbocycles. The summed E-state index contributed by atoms with van der Waals surface area (Å²) in [7, 11) is 1.45. The molecule has 1 aromatic heterocycles. The highest BCUT2D eigenvalue weighted by Gasteiger charge is 2.20. The monoisotopic (exact) mass is 380 g/mol. The van der Waals surface area contributed by atoms with Crippen LogP contribution in [0.15, 0.2) is 60.5 Å². The van der Waals surface area contributed by atoms with Crippen molar-refractivity contribution in [2.24, 2.45) is 0 Å². The number of carbonyl (C=O) groups is 2. The molecular formula is C21H16O5S. The summed E-state index contributed by atoms with van der Waals surface area (Å²) in [4.78, 5) is 24.6. The molecule has 1 heterocycles. The number of carboxylic acid groups (broad SMARTS) is 1. The fourth-order valence-corrected chi connectivity index (χ4v) is 3.42. The first-order valence-electron chi connectivity index (χ1n) is 7.94. The topological polar surface area (TPSA) is 83.8 Å². The maximum atomic E-state index is 12.8. The number of carboxylic acids is 1. The number of aromatic carboxylic acids is 1. The van der Waals surface area contributed by atoms with E-state index in [9.17, 15) is 14.7 Å². The summed E-state index contributed by atoms with van der Waals surface area (Å²) in [5.74, 6) is -1.04. The van der Waals surface area contributed by atoms with Gasteiger partial charge in [0, 0.05) is 33.2 Å². The van der Waals surface area contributed by atoms with Crippen LogP contribution in [0.1, 0.15) is 26.3 Å². The van der Waals surface area contributed by atoms with Gasteiger partial charge in [-0.2, -0.15) is 0 Å². The van der Waals surface area contributed by atoms with E-state index in [1.54, 1.807) is 6.07 Å². The van der Waals surface area contributed by atoms with Gasteiger partial charge in [0.15, 0.2) is 5.78 Å². The van der Waals surface area contributed by atoms with Gasteiger partial charge in [0.05, 0.1) is 12.7 Å².